The van der Waals surface area contributed by atoms with Gasteiger partial charge in [0.1, 0.15) is 5.78 Å². The zero-order valence-corrected chi connectivity index (χ0v) is 22.5. The minimum atomic E-state index is 0.178. The fourth-order valence-corrected chi connectivity index (χ4v) is 5.47. The zero-order valence-electron chi connectivity index (χ0n) is 22.5. The summed E-state index contributed by atoms with van der Waals surface area (Å²) in [6, 6.07) is 8.37. The number of fused-ring (bicyclic) bond motifs is 1. The molecule has 0 saturated carbocycles. The summed E-state index contributed by atoms with van der Waals surface area (Å²) in [7, 11) is 0. The van der Waals surface area contributed by atoms with Gasteiger partial charge in [-0.2, -0.15) is 19.6 Å². The highest BCUT2D eigenvalue weighted by Gasteiger charge is 2.22. The van der Waals surface area contributed by atoms with Gasteiger partial charge >= 0.3 is 0 Å². The number of anilines is 2. The maximum atomic E-state index is 12.9. The molecule has 0 bridgehead atoms. The molecule has 2 aliphatic heterocycles. The molecule has 198 valence electrons. The first-order chi connectivity index (χ1) is 18.0. The molecule has 0 radical (unpaired) electrons. The number of piperidine rings is 1. The van der Waals surface area contributed by atoms with E-state index in [4.69, 9.17) is 9.97 Å². The number of hydrogen-bond donors (Lipinski definition) is 2. The highest BCUT2D eigenvalue weighted by atomic mass is 16.1. The monoisotopic (exact) mass is 503 g/mol. The predicted molar refractivity (Wildman–Crippen MR) is 148 cm³/mol. The number of nitrogens with zero attached hydrogens (tertiary/aromatic N) is 5. The average Bonchev–Trinajstić information content (AvgIpc) is 3.14. The van der Waals surface area contributed by atoms with E-state index in [2.05, 4.69) is 65.7 Å². The molecular formula is C29H41N7O. The summed E-state index contributed by atoms with van der Waals surface area (Å²) in [5.74, 6) is 3.10. The van der Waals surface area contributed by atoms with Crippen molar-refractivity contribution in [2.24, 2.45) is 11.8 Å². The molecule has 2 N–H and O–H groups in total. The van der Waals surface area contributed by atoms with Gasteiger partial charge in [0.05, 0.1) is 6.20 Å². The Morgan fingerprint density at radius 1 is 1.11 bits per heavy atom. The van der Waals surface area contributed by atoms with Crippen molar-refractivity contribution in [1.29, 1.82) is 0 Å². The smallest absolute Gasteiger partial charge is 0.230 e. The number of carbonyl (C=O) groups excluding carboxylic acids is 1. The van der Waals surface area contributed by atoms with Gasteiger partial charge in [-0.25, -0.2) is 0 Å². The average molecular weight is 504 g/mol. The molecule has 2 aliphatic rings. The molecule has 1 unspecified atom stereocenters. The molecule has 1 atom stereocenters. The normalized spacial score (nSPS) is 19.4. The standard InChI is InChI=1S/C29H41N7O/c1-20(2)25-19-32-36-27(25)33-29(35-14-10-21(3)11-15-35)34-28(36)31-18-23-7-4-6-22(16-23)17-26(37)24-8-5-12-30-13-9-24/h4,6-7,16,19-21,24,30H,5,8-15,17-18H2,1-3H3,(H,31,33,34). The van der Waals surface area contributed by atoms with Crippen molar-refractivity contribution in [3.63, 3.8) is 0 Å². The number of rotatable bonds is 8. The third-order valence-corrected chi connectivity index (χ3v) is 7.92. The van der Waals surface area contributed by atoms with Crippen molar-refractivity contribution in [1.82, 2.24) is 24.9 Å². The highest BCUT2D eigenvalue weighted by molar-refractivity contribution is 5.83. The van der Waals surface area contributed by atoms with Crippen LogP contribution in [0.5, 0.6) is 0 Å². The molecule has 2 saturated heterocycles. The summed E-state index contributed by atoms with van der Waals surface area (Å²) < 4.78 is 1.83. The van der Waals surface area contributed by atoms with Crippen molar-refractivity contribution in [2.75, 3.05) is 36.4 Å². The molecule has 8 nitrogen and oxygen atoms in total. The molecular weight excluding hydrogens is 462 g/mol. The van der Waals surface area contributed by atoms with Crippen LogP contribution in [0.2, 0.25) is 0 Å². The van der Waals surface area contributed by atoms with Crippen LogP contribution in [-0.4, -0.2) is 51.5 Å². The first-order valence-corrected chi connectivity index (χ1v) is 14.0. The molecule has 2 fully saturated rings. The summed E-state index contributed by atoms with van der Waals surface area (Å²) in [6.45, 7) is 11.2. The van der Waals surface area contributed by atoms with Crippen molar-refractivity contribution in [2.45, 2.75) is 71.8 Å². The molecule has 3 aromatic rings. The van der Waals surface area contributed by atoms with E-state index in [1.165, 1.54) is 0 Å². The summed E-state index contributed by atoms with van der Waals surface area (Å²) >= 11 is 0. The van der Waals surface area contributed by atoms with Crippen LogP contribution in [-0.2, 0) is 17.8 Å². The van der Waals surface area contributed by atoms with Gasteiger partial charge in [-0.15, -0.1) is 0 Å². The van der Waals surface area contributed by atoms with Crippen LogP contribution < -0.4 is 15.5 Å². The fraction of sp³-hybridized carbons (Fsp3) is 0.586. The van der Waals surface area contributed by atoms with Crippen LogP contribution in [0.25, 0.3) is 5.65 Å². The Morgan fingerprint density at radius 2 is 1.92 bits per heavy atom. The van der Waals surface area contributed by atoms with E-state index < -0.39 is 0 Å². The molecule has 5 rings (SSSR count). The molecule has 0 aliphatic carbocycles. The fourth-order valence-electron chi connectivity index (χ4n) is 5.47. The lowest BCUT2D eigenvalue weighted by Gasteiger charge is -2.30. The van der Waals surface area contributed by atoms with Gasteiger partial charge in [-0.1, -0.05) is 45.0 Å². The van der Waals surface area contributed by atoms with Gasteiger partial charge < -0.3 is 15.5 Å². The second-order valence-corrected chi connectivity index (χ2v) is 11.2. The van der Waals surface area contributed by atoms with E-state index in [-0.39, 0.29) is 5.92 Å². The van der Waals surface area contributed by atoms with Gasteiger partial charge in [-0.3, -0.25) is 4.79 Å². The molecule has 2 aromatic heterocycles. The van der Waals surface area contributed by atoms with E-state index in [1.54, 1.807) is 0 Å². The maximum absolute atomic E-state index is 12.9. The Labute approximate surface area is 220 Å². The van der Waals surface area contributed by atoms with Crippen LogP contribution in [0.15, 0.2) is 30.5 Å². The third-order valence-electron chi connectivity index (χ3n) is 7.92. The Morgan fingerprint density at radius 3 is 2.73 bits per heavy atom. The minimum absolute atomic E-state index is 0.178. The van der Waals surface area contributed by atoms with Crippen molar-refractivity contribution in [3.8, 4) is 0 Å². The maximum Gasteiger partial charge on any atom is 0.230 e. The van der Waals surface area contributed by atoms with Gasteiger partial charge in [0.2, 0.25) is 11.9 Å². The SMILES string of the molecule is CC1CCN(c2nc(NCc3cccc(CC(=O)C4CCCNCC4)c3)n3ncc(C(C)C)c3n2)CC1. The van der Waals surface area contributed by atoms with Crippen molar-refractivity contribution >= 4 is 23.3 Å². The first kappa shape index (κ1) is 25.6. The summed E-state index contributed by atoms with van der Waals surface area (Å²) in [5, 5.41) is 11.6. The lowest BCUT2D eigenvalue weighted by molar-refractivity contribution is -0.122. The van der Waals surface area contributed by atoms with E-state index in [1.807, 2.05) is 10.7 Å². The number of carbonyl (C=O) groups is 1. The molecule has 0 amide bonds. The predicted octanol–water partition coefficient (Wildman–Crippen LogP) is 4.60. The molecule has 8 heteroatoms. The summed E-state index contributed by atoms with van der Waals surface area (Å²) in [4.78, 5) is 25.1. The molecule has 1 aromatic carbocycles. The number of hydrogen-bond acceptors (Lipinski definition) is 7. The second kappa shape index (κ2) is 11.6. The first-order valence-electron chi connectivity index (χ1n) is 14.0. The molecule has 0 spiro atoms. The molecule has 37 heavy (non-hydrogen) atoms. The van der Waals surface area contributed by atoms with E-state index in [9.17, 15) is 4.79 Å². The summed E-state index contributed by atoms with van der Waals surface area (Å²) in [6.07, 6.45) is 7.77. The Hall–Kier alpha value is -3.00. The van der Waals surface area contributed by atoms with Crippen molar-refractivity contribution in [3.05, 3.63) is 47.2 Å². The summed E-state index contributed by atoms with van der Waals surface area (Å²) in [5.41, 5.74) is 4.22. The van der Waals surface area contributed by atoms with E-state index in [0.29, 0.717) is 30.6 Å². The Bertz CT molecular complexity index is 1200. The van der Waals surface area contributed by atoms with Crippen LogP contribution in [0.1, 0.15) is 75.5 Å². The van der Waals surface area contributed by atoms with Crippen LogP contribution in [0.3, 0.4) is 0 Å². The van der Waals surface area contributed by atoms with Gasteiger partial charge in [-0.05, 0) is 68.2 Å². The third kappa shape index (κ3) is 6.12. The largest absolute Gasteiger partial charge is 0.350 e. The van der Waals surface area contributed by atoms with Gasteiger partial charge in [0.15, 0.2) is 5.65 Å². The number of Topliss-reactive ketones (excluding diaryl/α,β-unsaturated/α-hetero) is 1. The number of benzene rings is 1. The number of aromatic nitrogens is 4. The second-order valence-electron chi connectivity index (χ2n) is 11.2. The van der Waals surface area contributed by atoms with Crippen LogP contribution in [0, 0.1) is 11.8 Å². The molecule has 4 heterocycles. The van der Waals surface area contributed by atoms with E-state index in [0.717, 1.165) is 92.5 Å². The van der Waals surface area contributed by atoms with Crippen molar-refractivity contribution < 1.29 is 4.79 Å². The number of ketones is 1. The number of nitrogens with one attached hydrogen (secondary N) is 2. The quantitative estimate of drug-likeness (QED) is 0.465. The highest BCUT2D eigenvalue weighted by Crippen LogP contribution is 2.26. The topological polar surface area (TPSA) is 87.5 Å². The lowest BCUT2D eigenvalue weighted by Crippen LogP contribution is -2.34. The minimum Gasteiger partial charge on any atom is -0.350 e. The van der Waals surface area contributed by atoms with Gasteiger partial charge in [0, 0.05) is 37.5 Å². The van der Waals surface area contributed by atoms with E-state index >= 15 is 0 Å². The van der Waals surface area contributed by atoms with Crippen LogP contribution >= 0.6 is 0 Å². The van der Waals surface area contributed by atoms with Crippen LogP contribution in [0.4, 0.5) is 11.9 Å². The Balaban J connectivity index is 1.33. The van der Waals surface area contributed by atoms with Gasteiger partial charge in [0.25, 0.3) is 0 Å². The lowest BCUT2D eigenvalue weighted by atomic mass is 9.91. The Kier molecular flexibility index (Phi) is 8.03. The zero-order chi connectivity index (χ0) is 25.8.